The molecular formula is C15H20F2N2OS. The van der Waals surface area contributed by atoms with Gasteiger partial charge in [-0.3, -0.25) is 4.79 Å². The highest BCUT2D eigenvalue weighted by Gasteiger charge is 2.20. The maximum Gasteiger partial charge on any atom is 0.288 e. The van der Waals surface area contributed by atoms with Crippen LogP contribution in [0.1, 0.15) is 32.6 Å². The molecule has 2 N–H and O–H groups in total. The third kappa shape index (κ3) is 5.19. The summed E-state index contributed by atoms with van der Waals surface area (Å²) in [4.78, 5) is 12.6. The molecule has 1 aromatic carbocycles. The number of rotatable bonds is 6. The van der Waals surface area contributed by atoms with E-state index < -0.39 is 5.76 Å². The Kier molecular flexibility index (Phi) is 5.85. The minimum Gasteiger partial charge on any atom is -0.374 e. The normalized spacial score (nSPS) is 17.0. The summed E-state index contributed by atoms with van der Waals surface area (Å²) in [5.74, 6) is -2.44. The number of alkyl halides is 2. The minimum atomic E-state index is -2.42. The molecule has 0 saturated heterocycles. The molecule has 0 radical (unpaired) electrons. The number of nitrogens with one attached hydrogen (secondary N) is 2. The SMILES string of the molecule is C[C@H](Nc1ccc(SC(F)F)cc1)C(=O)NC1CCCC1. The molecule has 0 bridgehead atoms. The van der Waals surface area contributed by atoms with Crippen molar-refractivity contribution < 1.29 is 13.6 Å². The van der Waals surface area contributed by atoms with Crippen molar-refractivity contribution in [3.8, 4) is 0 Å². The molecule has 0 aliphatic heterocycles. The van der Waals surface area contributed by atoms with Gasteiger partial charge in [0, 0.05) is 16.6 Å². The van der Waals surface area contributed by atoms with Gasteiger partial charge in [0.25, 0.3) is 5.76 Å². The van der Waals surface area contributed by atoms with Crippen molar-refractivity contribution in [1.82, 2.24) is 5.32 Å². The molecule has 1 amide bonds. The van der Waals surface area contributed by atoms with Gasteiger partial charge in [0.1, 0.15) is 6.04 Å². The van der Waals surface area contributed by atoms with Crippen LogP contribution in [0.4, 0.5) is 14.5 Å². The summed E-state index contributed by atoms with van der Waals surface area (Å²) in [6.07, 6.45) is 4.46. The lowest BCUT2D eigenvalue weighted by atomic mass is 10.2. The topological polar surface area (TPSA) is 41.1 Å². The first-order valence-electron chi connectivity index (χ1n) is 7.16. The first kappa shape index (κ1) is 16.1. The van der Waals surface area contributed by atoms with Crippen molar-refractivity contribution in [3.05, 3.63) is 24.3 Å². The van der Waals surface area contributed by atoms with Gasteiger partial charge in [-0.25, -0.2) is 0 Å². The van der Waals surface area contributed by atoms with Crippen molar-refractivity contribution in [2.45, 2.75) is 55.3 Å². The van der Waals surface area contributed by atoms with Gasteiger partial charge in [-0.05, 0) is 44.0 Å². The second-order valence-corrected chi connectivity index (χ2v) is 6.32. The van der Waals surface area contributed by atoms with Crippen molar-refractivity contribution in [1.29, 1.82) is 0 Å². The zero-order chi connectivity index (χ0) is 15.2. The van der Waals surface area contributed by atoms with E-state index >= 15 is 0 Å². The van der Waals surface area contributed by atoms with Crippen LogP contribution in [0.5, 0.6) is 0 Å². The monoisotopic (exact) mass is 314 g/mol. The summed E-state index contributed by atoms with van der Waals surface area (Å²) in [6.45, 7) is 1.80. The Morgan fingerprint density at radius 3 is 2.43 bits per heavy atom. The number of amides is 1. The Bertz CT molecular complexity index is 461. The summed E-state index contributed by atoms with van der Waals surface area (Å²) in [6, 6.07) is 6.63. The fourth-order valence-corrected chi connectivity index (χ4v) is 2.94. The van der Waals surface area contributed by atoms with Crippen LogP contribution in [0.25, 0.3) is 0 Å². The Labute approximate surface area is 127 Å². The van der Waals surface area contributed by atoms with Gasteiger partial charge in [-0.2, -0.15) is 8.78 Å². The van der Waals surface area contributed by atoms with E-state index in [0.29, 0.717) is 22.7 Å². The third-order valence-electron chi connectivity index (χ3n) is 3.56. The maximum absolute atomic E-state index is 12.2. The van der Waals surface area contributed by atoms with Gasteiger partial charge in [0.05, 0.1) is 0 Å². The number of thioether (sulfide) groups is 1. The highest BCUT2D eigenvalue weighted by atomic mass is 32.2. The molecule has 0 spiro atoms. The van der Waals surface area contributed by atoms with Gasteiger partial charge in [-0.1, -0.05) is 24.6 Å². The van der Waals surface area contributed by atoms with Crippen LogP contribution < -0.4 is 10.6 Å². The molecule has 1 aromatic rings. The average Bonchev–Trinajstić information content (AvgIpc) is 2.93. The van der Waals surface area contributed by atoms with Crippen molar-refractivity contribution in [2.75, 3.05) is 5.32 Å². The highest BCUT2D eigenvalue weighted by molar-refractivity contribution is 7.99. The number of halogens is 2. The van der Waals surface area contributed by atoms with Crippen LogP contribution in [-0.2, 0) is 4.79 Å². The molecule has 0 unspecified atom stereocenters. The van der Waals surface area contributed by atoms with E-state index in [0.717, 1.165) is 18.5 Å². The standard InChI is InChI=1S/C15H20F2N2OS/c1-10(14(20)19-11-4-2-3-5-11)18-12-6-8-13(9-7-12)21-15(16)17/h6-11,15,18H,2-5H2,1H3,(H,19,20)/t10-/m0/s1. The Balaban J connectivity index is 1.83. The number of benzene rings is 1. The predicted molar refractivity (Wildman–Crippen MR) is 81.8 cm³/mol. The summed E-state index contributed by atoms with van der Waals surface area (Å²) < 4.78 is 24.5. The summed E-state index contributed by atoms with van der Waals surface area (Å²) in [7, 11) is 0. The Hall–Kier alpha value is -1.30. The molecule has 1 atom stereocenters. The van der Waals surface area contributed by atoms with E-state index in [1.54, 1.807) is 31.2 Å². The van der Waals surface area contributed by atoms with Gasteiger partial charge in [-0.15, -0.1) is 0 Å². The molecule has 1 saturated carbocycles. The van der Waals surface area contributed by atoms with Gasteiger partial charge >= 0.3 is 0 Å². The molecule has 116 valence electrons. The van der Waals surface area contributed by atoms with Gasteiger partial charge < -0.3 is 10.6 Å². The quantitative estimate of drug-likeness (QED) is 0.783. The zero-order valence-corrected chi connectivity index (χ0v) is 12.8. The number of anilines is 1. The lowest BCUT2D eigenvalue weighted by Crippen LogP contribution is -2.42. The van der Waals surface area contributed by atoms with E-state index in [1.165, 1.54) is 12.8 Å². The maximum atomic E-state index is 12.2. The fraction of sp³-hybridized carbons (Fsp3) is 0.533. The average molecular weight is 314 g/mol. The largest absolute Gasteiger partial charge is 0.374 e. The highest BCUT2D eigenvalue weighted by Crippen LogP contribution is 2.26. The second kappa shape index (κ2) is 7.64. The minimum absolute atomic E-state index is 0.0204. The first-order valence-corrected chi connectivity index (χ1v) is 8.04. The van der Waals surface area contributed by atoms with Crippen molar-refractivity contribution in [3.63, 3.8) is 0 Å². The second-order valence-electron chi connectivity index (χ2n) is 5.26. The molecule has 0 heterocycles. The Morgan fingerprint density at radius 2 is 1.86 bits per heavy atom. The van der Waals surface area contributed by atoms with Crippen molar-refractivity contribution in [2.24, 2.45) is 0 Å². The molecular weight excluding hydrogens is 294 g/mol. The van der Waals surface area contributed by atoms with Crippen LogP contribution in [0.2, 0.25) is 0 Å². The molecule has 2 rings (SSSR count). The molecule has 6 heteroatoms. The van der Waals surface area contributed by atoms with E-state index in [4.69, 9.17) is 0 Å². The Morgan fingerprint density at radius 1 is 1.24 bits per heavy atom. The van der Waals surface area contributed by atoms with E-state index in [2.05, 4.69) is 10.6 Å². The van der Waals surface area contributed by atoms with Crippen LogP contribution in [0.3, 0.4) is 0 Å². The number of hydrogen-bond donors (Lipinski definition) is 2. The molecule has 3 nitrogen and oxygen atoms in total. The van der Waals surface area contributed by atoms with E-state index in [-0.39, 0.29) is 11.9 Å². The van der Waals surface area contributed by atoms with Crippen LogP contribution >= 0.6 is 11.8 Å². The number of carbonyl (C=O) groups excluding carboxylic acids is 1. The van der Waals surface area contributed by atoms with Crippen molar-refractivity contribution >= 4 is 23.4 Å². The van der Waals surface area contributed by atoms with Crippen LogP contribution in [0, 0.1) is 0 Å². The van der Waals surface area contributed by atoms with E-state index in [1.807, 2.05) is 0 Å². The van der Waals surface area contributed by atoms with Gasteiger partial charge in [0.2, 0.25) is 5.91 Å². The lowest BCUT2D eigenvalue weighted by molar-refractivity contribution is -0.122. The smallest absolute Gasteiger partial charge is 0.288 e. The fourth-order valence-electron chi connectivity index (χ4n) is 2.44. The molecule has 0 aromatic heterocycles. The van der Waals surface area contributed by atoms with Crippen LogP contribution in [-0.4, -0.2) is 23.7 Å². The zero-order valence-electron chi connectivity index (χ0n) is 11.9. The van der Waals surface area contributed by atoms with Crippen LogP contribution in [0.15, 0.2) is 29.2 Å². The molecule has 21 heavy (non-hydrogen) atoms. The summed E-state index contributed by atoms with van der Waals surface area (Å²) >= 11 is 0.513. The number of hydrogen-bond acceptors (Lipinski definition) is 3. The number of carbonyl (C=O) groups is 1. The van der Waals surface area contributed by atoms with E-state index in [9.17, 15) is 13.6 Å². The lowest BCUT2D eigenvalue weighted by Gasteiger charge is -2.18. The molecule has 1 aliphatic rings. The molecule has 1 aliphatic carbocycles. The van der Waals surface area contributed by atoms with Gasteiger partial charge in [0.15, 0.2) is 0 Å². The summed E-state index contributed by atoms with van der Waals surface area (Å²) in [5, 5.41) is 6.12. The molecule has 1 fully saturated rings. The first-order chi connectivity index (χ1) is 10.0. The third-order valence-corrected chi connectivity index (χ3v) is 4.28. The predicted octanol–water partition coefficient (Wildman–Crippen LogP) is 3.86. The summed E-state index contributed by atoms with van der Waals surface area (Å²) in [5.41, 5.74) is 0.752.